The van der Waals surface area contributed by atoms with E-state index in [4.69, 9.17) is 5.02 Å². The van der Waals surface area contributed by atoms with E-state index in [1.807, 2.05) is 6.92 Å². The maximum absolute atomic E-state index is 10.2. The lowest BCUT2D eigenvalue weighted by Crippen LogP contribution is -2.38. The van der Waals surface area contributed by atoms with Gasteiger partial charge in [-0.1, -0.05) is 13.0 Å². The number of rotatable bonds is 3. The maximum atomic E-state index is 10.2. The van der Waals surface area contributed by atoms with E-state index in [1.54, 1.807) is 6.07 Å². The maximum Gasteiger partial charge on any atom is 0.749 e. The second kappa shape index (κ2) is 4.00. The van der Waals surface area contributed by atoms with Gasteiger partial charge in [-0.25, -0.2) is 0 Å². The molecule has 0 aliphatic rings. The van der Waals surface area contributed by atoms with Crippen LogP contribution in [0.2, 0.25) is 0 Å². The summed E-state index contributed by atoms with van der Waals surface area (Å²) in [6, 6.07) is 3.18. The Morgan fingerprint density at radius 1 is 1.69 bits per heavy atom. The van der Waals surface area contributed by atoms with Crippen LogP contribution in [0.15, 0.2) is 18.3 Å². The number of aromatic nitrogens is 1. The second-order valence-corrected chi connectivity index (χ2v) is 2.60. The van der Waals surface area contributed by atoms with Crippen LogP contribution in [0.25, 0.3) is 0 Å². The molecule has 68 valence electrons. The number of hydrogen-bond donors (Lipinski definition) is 1. The van der Waals surface area contributed by atoms with Gasteiger partial charge in [-0.2, -0.15) is 0 Å². The largest absolute Gasteiger partial charge is 0.749 e. The summed E-state index contributed by atoms with van der Waals surface area (Å²) < 4.78 is 0. The third-order valence-corrected chi connectivity index (χ3v) is 1.71. The first-order valence-corrected chi connectivity index (χ1v) is 3.91. The third kappa shape index (κ3) is 2.25. The fourth-order valence-electron chi connectivity index (χ4n) is 0.920. The zero-order valence-corrected chi connectivity index (χ0v) is 7.17. The molecule has 1 N–H and O–H groups in total. The van der Waals surface area contributed by atoms with Gasteiger partial charge in [0.1, 0.15) is 0 Å². The summed E-state index contributed by atoms with van der Waals surface area (Å²) in [5.74, 6) is 0. The first-order valence-electron chi connectivity index (χ1n) is 3.91. The minimum Gasteiger partial charge on any atom is -0.382 e. The molecule has 0 aliphatic heterocycles. The fraction of sp³-hybridized carbons (Fsp3) is 0.286. The van der Waals surface area contributed by atoms with Gasteiger partial charge in [0.2, 0.25) is 0 Å². The summed E-state index contributed by atoms with van der Waals surface area (Å²) in [6.07, 6.45) is 2.10. The van der Waals surface area contributed by atoms with Crippen LogP contribution in [0.3, 0.4) is 0 Å². The van der Waals surface area contributed by atoms with Crippen LogP contribution >= 0.6 is 0 Å². The van der Waals surface area contributed by atoms with Gasteiger partial charge in [-0.3, -0.25) is 15.1 Å². The summed E-state index contributed by atoms with van der Waals surface area (Å²) in [5.41, 5.74) is 1.06. The molecule has 6 heteroatoms. The minimum atomic E-state index is -1.67. The zero-order valence-electron chi connectivity index (χ0n) is 7.17. The van der Waals surface area contributed by atoms with Gasteiger partial charge in [0.15, 0.2) is 0 Å². The van der Waals surface area contributed by atoms with Crippen molar-refractivity contribution in [2.45, 2.75) is 13.3 Å². The van der Waals surface area contributed by atoms with Crippen LogP contribution in [-0.2, 0) is 6.42 Å². The van der Waals surface area contributed by atoms with Crippen molar-refractivity contribution in [3.63, 3.8) is 0 Å². The standard InChI is InChI=1S/C7H9BN2O3/c1-2-7-4-3-6(5-9-7)8(11)10(12)13/h3-5,11H,2H2,1H3. The summed E-state index contributed by atoms with van der Waals surface area (Å²) >= 11 is 0. The smallest absolute Gasteiger partial charge is 0.382 e. The molecular formula is C7H9BN2O3. The Labute approximate surface area is 75.7 Å². The highest BCUT2D eigenvalue weighted by Crippen LogP contribution is 1.93. The topological polar surface area (TPSA) is 76.3 Å². The molecular weight excluding hydrogens is 171 g/mol. The van der Waals surface area contributed by atoms with E-state index in [0.717, 1.165) is 12.1 Å². The average molecular weight is 180 g/mol. The summed E-state index contributed by atoms with van der Waals surface area (Å²) in [5, 5.41) is 19.2. The highest BCUT2D eigenvalue weighted by atomic mass is 16.6. The summed E-state index contributed by atoms with van der Waals surface area (Å²) in [4.78, 5) is 13.4. The van der Waals surface area contributed by atoms with Crippen LogP contribution in [0.1, 0.15) is 12.6 Å². The lowest BCUT2D eigenvalue weighted by atomic mass is 9.76. The van der Waals surface area contributed by atoms with Crippen molar-refractivity contribution in [1.82, 2.24) is 4.98 Å². The van der Waals surface area contributed by atoms with Gasteiger partial charge in [0, 0.05) is 11.9 Å². The zero-order chi connectivity index (χ0) is 9.84. The van der Waals surface area contributed by atoms with Crippen LogP contribution in [0.5, 0.6) is 0 Å². The van der Waals surface area contributed by atoms with Gasteiger partial charge in [0.25, 0.3) is 0 Å². The van der Waals surface area contributed by atoms with Crippen molar-refractivity contribution in [3.05, 3.63) is 34.1 Å². The van der Waals surface area contributed by atoms with Crippen molar-refractivity contribution in [2.24, 2.45) is 0 Å². The van der Waals surface area contributed by atoms with Crippen molar-refractivity contribution < 1.29 is 9.86 Å². The number of nitro groups is 1. The van der Waals surface area contributed by atoms with Crippen LogP contribution in [0.4, 0.5) is 0 Å². The Morgan fingerprint density at radius 3 is 2.77 bits per heavy atom. The molecule has 5 nitrogen and oxygen atoms in total. The van der Waals surface area contributed by atoms with Crippen molar-refractivity contribution in [1.29, 1.82) is 0 Å². The van der Waals surface area contributed by atoms with E-state index >= 15 is 0 Å². The summed E-state index contributed by atoms with van der Waals surface area (Å²) in [7, 11) is -1.67. The predicted octanol–water partition coefficient (Wildman–Crippen LogP) is -0.392. The van der Waals surface area contributed by atoms with Crippen molar-refractivity contribution in [2.75, 3.05) is 0 Å². The SMILES string of the molecule is CCc1ccc(B(O)[N+](=O)[O-])cn1. The Kier molecular flexibility index (Phi) is 2.97. The second-order valence-electron chi connectivity index (χ2n) is 2.60. The Morgan fingerprint density at radius 2 is 2.38 bits per heavy atom. The van der Waals surface area contributed by atoms with Crippen molar-refractivity contribution in [3.8, 4) is 0 Å². The van der Waals surface area contributed by atoms with E-state index in [-0.39, 0.29) is 5.46 Å². The van der Waals surface area contributed by atoms with E-state index in [0.29, 0.717) is 0 Å². The van der Waals surface area contributed by atoms with Crippen LogP contribution in [0, 0.1) is 10.1 Å². The van der Waals surface area contributed by atoms with Gasteiger partial charge in [0.05, 0.1) is 5.46 Å². The first kappa shape index (κ1) is 9.66. The third-order valence-electron chi connectivity index (χ3n) is 1.71. The Bertz CT molecular complexity index is 301. The molecule has 0 bridgehead atoms. The van der Waals surface area contributed by atoms with Crippen molar-refractivity contribution >= 4 is 12.5 Å². The van der Waals surface area contributed by atoms with Crippen LogP contribution < -0.4 is 5.46 Å². The monoisotopic (exact) mass is 180 g/mol. The van der Waals surface area contributed by atoms with Gasteiger partial charge >= 0.3 is 7.05 Å². The predicted molar refractivity (Wildman–Crippen MR) is 48.2 cm³/mol. The Balaban J connectivity index is 2.85. The average Bonchev–Trinajstić information content (AvgIpc) is 2.17. The normalized spacial score (nSPS) is 9.69. The fourth-order valence-corrected chi connectivity index (χ4v) is 0.920. The van der Waals surface area contributed by atoms with Crippen LogP contribution in [-0.4, -0.2) is 21.9 Å². The number of hydrogen-bond acceptors (Lipinski definition) is 4. The molecule has 0 fully saturated rings. The molecule has 0 amide bonds. The minimum absolute atomic E-state index is 0.210. The lowest BCUT2D eigenvalue weighted by Gasteiger charge is -1.97. The molecule has 0 unspecified atom stereocenters. The van der Waals surface area contributed by atoms with E-state index < -0.39 is 11.9 Å². The highest BCUT2D eigenvalue weighted by Gasteiger charge is 2.32. The quantitative estimate of drug-likeness (QED) is 0.390. The Hall–Kier alpha value is -1.43. The first-order chi connectivity index (χ1) is 6.15. The molecule has 0 atom stereocenters. The van der Waals surface area contributed by atoms with E-state index in [2.05, 4.69) is 4.98 Å². The van der Waals surface area contributed by atoms with E-state index in [9.17, 15) is 10.1 Å². The van der Waals surface area contributed by atoms with E-state index in [1.165, 1.54) is 12.3 Å². The van der Waals surface area contributed by atoms with Gasteiger partial charge in [-0.05, 0) is 17.3 Å². The number of nitrogens with zero attached hydrogens (tertiary/aromatic N) is 2. The lowest BCUT2D eigenvalue weighted by molar-refractivity contribution is -0.344. The molecule has 1 aromatic rings. The number of aryl methyl sites for hydroxylation is 1. The summed E-state index contributed by atoms with van der Waals surface area (Å²) in [6.45, 7) is 1.94. The van der Waals surface area contributed by atoms with Gasteiger partial charge < -0.3 is 5.02 Å². The molecule has 1 aromatic heterocycles. The molecule has 0 radical (unpaired) electrons. The molecule has 0 saturated heterocycles. The number of pyridine rings is 1. The molecule has 0 aromatic carbocycles. The molecule has 0 spiro atoms. The molecule has 1 rings (SSSR count). The highest BCUT2D eigenvalue weighted by molar-refractivity contribution is 6.58. The molecule has 1 heterocycles. The molecule has 0 saturated carbocycles. The molecule has 0 aliphatic carbocycles. The van der Waals surface area contributed by atoms with Gasteiger partial charge in [-0.15, -0.1) is 0 Å². The molecule has 13 heavy (non-hydrogen) atoms.